The summed E-state index contributed by atoms with van der Waals surface area (Å²) in [6, 6.07) is 0. The van der Waals surface area contributed by atoms with Gasteiger partial charge in [0.2, 0.25) is 0 Å². The van der Waals surface area contributed by atoms with E-state index in [1.165, 1.54) is 83.5 Å². The lowest BCUT2D eigenvalue weighted by molar-refractivity contribution is -0.238. The van der Waals surface area contributed by atoms with Crippen molar-refractivity contribution < 1.29 is 14.9 Å². The number of unbranched alkanes of at least 4 members (excludes halogenated alkanes) is 13. The first-order valence-electron chi connectivity index (χ1n) is 9.57. The summed E-state index contributed by atoms with van der Waals surface area (Å²) < 4.78 is 0. The van der Waals surface area contributed by atoms with Gasteiger partial charge >= 0.3 is 5.97 Å². The van der Waals surface area contributed by atoms with Crippen LogP contribution in [0.5, 0.6) is 0 Å². The highest BCUT2D eigenvalue weighted by atomic mass is 17.1. The molecule has 3 heteroatoms. The van der Waals surface area contributed by atoms with E-state index < -0.39 is 5.97 Å². The fourth-order valence-electron chi connectivity index (χ4n) is 2.85. The minimum Gasteiger partial charge on any atom is -0.301 e. The highest BCUT2D eigenvalue weighted by Gasteiger charge is 2.13. The van der Waals surface area contributed by atoms with Gasteiger partial charge in [0.05, 0.1) is 5.92 Å². The molecular formula is C20H42O3. The van der Waals surface area contributed by atoms with Crippen molar-refractivity contribution in [2.45, 2.75) is 118 Å². The third kappa shape index (κ3) is 17.6. The Morgan fingerprint density at radius 3 is 1.48 bits per heavy atom. The van der Waals surface area contributed by atoms with Crippen LogP contribution in [0, 0.1) is 5.92 Å². The average Bonchev–Trinajstić information content (AvgIpc) is 2.54. The fourth-order valence-corrected chi connectivity index (χ4v) is 2.85. The van der Waals surface area contributed by atoms with Crippen LogP contribution in [0.25, 0.3) is 0 Å². The van der Waals surface area contributed by atoms with Gasteiger partial charge in [-0.25, -0.2) is 4.79 Å². The highest BCUT2D eigenvalue weighted by molar-refractivity contribution is 5.71. The fraction of sp³-hybridized carbons (Fsp3) is 0.950. The van der Waals surface area contributed by atoms with Crippen LogP contribution in [0.1, 0.15) is 118 Å². The predicted octanol–water partition coefficient (Wildman–Crippen LogP) is 7.15. The highest BCUT2D eigenvalue weighted by Crippen LogP contribution is 2.15. The number of carbonyl (C=O) groups is 1. The van der Waals surface area contributed by atoms with Crippen LogP contribution in [-0.2, 0) is 9.68 Å². The Morgan fingerprint density at radius 1 is 0.783 bits per heavy atom. The lowest BCUT2D eigenvalue weighted by Crippen LogP contribution is -2.12. The first kappa shape index (κ1) is 24.7. The zero-order chi connectivity index (χ0) is 16.5. The molecule has 0 radical (unpaired) electrons. The molecule has 0 aromatic rings. The van der Waals surface area contributed by atoms with Crippen LogP contribution in [0.2, 0.25) is 0 Å². The van der Waals surface area contributed by atoms with Crippen LogP contribution in [0.15, 0.2) is 0 Å². The zero-order valence-electron chi connectivity index (χ0n) is 14.9. The van der Waals surface area contributed by atoms with Gasteiger partial charge in [0.25, 0.3) is 0 Å². The van der Waals surface area contributed by atoms with Crippen molar-refractivity contribution >= 4 is 5.97 Å². The lowest BCUT2D eigenvalue weighted by atomic mass is 10.0. The Hall–Kier alpha value is -0.570. The van der Waals surface area contributed by atoms with Gasteiger partial charge in [0.1, 0.15) is 0 Å². The lowest BCUT2D eigenvalue weighted by Gasteiger charge is -2.07. The van der Waals surface area contributed by atoms with Gasteiger partial charge in [-0.3, -0.25) is 0 Å². The standard InChI is InChI=1S/C19H38O3.CH4/c1-3-4-5-6-7-8-9-10-11-12-13-14-15-16-17-18(2)19(20)22-21;/h18,21H,3-17H2,1-2H3;1H4. The van der Waals surface area contributed by atoms with E-state index in [1.54, 1.807) is 6.92 Å². The minimum atomic E-state index is -0.505. The van der Waals surface area contributed by atoms with E-state index in [4.69, 9.17) is 5.26 Å². The first-order chi connectivity index (χ1) is 10.7. The second kappa shape index (κ2) is 19.5. The summed E-state index contributed by atoms with van der Waals surface area (Å²) in [4.78, 5) is 14.7. The van der Waals surface area contributed by atoms with E-state index in [-0.39, 0.29) is 13.3 Å². The van der Waals surface area contributed by atoms with Gasteiger partial charge in [-0.1, -0.05) is 111 Å². The van der Waals surface area contributed by atoms with Gasteiger partial charge in [-0.2, -0.15) is 5.26 Å². The van der Waals surface area contributed by atoms with Gasteiger partial charge in [0, 0.05) is 0 Å². The van der Waals surface area contributed by atoms with Crippen LogP contribution in [0.4, 0.5) is 0 Å². The third-order valence-electron chi connectivity index (χ3n) is 4.48. The minimum absolute atomic E-state index is 0. The molecule has 23 heavy (non-hydrogen) atoms. The molecule has 0 saturated heterocycles. The summed E-state index contributed by atoms with van der Waals surface area (Å²) >= 11 is 0. The molecule has 0 aromatic heterocycles. The molecule has 0 fully saturated rings. The quantitative estimate of drug-likeness (QED) is 0.186. The predicted molar refractivity (Wildman–Crippen MR) is 99.5 cm³/mol. The molecule has 0 aliphatic rings. The van der Waals surface area contributed by atoms with E-state index in [9.17, 15) is 4.79 Å². The van der Waals surface area contributed by atoms with Gasteiger partial charge in [-0.15, -0.1) is 0 Å². The SMILES string of the molecule is C.CCCCCCCCCCCCCCCCC(C)C(=O)OO. The van der Waals surface area contributed by atoms with Gasteiger partial charge < -0.3 is 4.89 Å². The molecule has 1 unspecified atom stereocenters. The monoisotopic (exact) mass is 330 g/mol. The van der Waals surface area contributed by atoms with Crippen molar-refractivity contribution in [3.05, 3.63) is 0 Å². The average molecular weight is 331 g/mol. The van der Waals surface area contributed by atoms with Crippen molar-refractivity contribution in [3.8, 4) is 0 Å². The maximum absolute atomic E-state index is 11.0. The smallest absolute Gasteiger partial charge is 0.301 e. The van der Waals surface area contributed by atoms with Crippen molar-refractivity contribution in [1.29, 1.82) is 0 Å². The zero-order valence-corrected chi connectivity index (χ0v) is 14.9. The molecule has 0 aromatic carbocycles. The van der Waals surface area contributed by atoms with Crippen molar-refractivity contribution in [2.75, 3.05) is 0 Å². The van der Waals surface area contributed by atoms with E-state index in [1.807, 2.05) is 0 Å². The second-order valence-corrected chi connectivity index (χ2v) is 6.70. The summed E-state index contributed by atoms with van der Waals surface area (Å²) in [5.41, 5.74) is 0. The normalized spacial score (nSPS) is 11.8. The molecule has 0 heterocycles. The molecule has 0 bridgehead atoms. The molecule has 1 N–H and O–H groups in total. The summed E-state index contributed by atoms with van der Waals surface area (Å²) in [6.07, 6.45) is 19.6. The van der Waals surface area contributed by atoms with Crippen LogP contribution < -0.4 is 0 Å². The number of rotatable bonds is 16. The van der Waals surface area contributed by atoms with Crippen LogP contribution >= 0.6 is 0 Å². The summed E-state index contributed by atoms with van der Waals surface area (Å²) in [5, 5.41) is 8.27. The molecule has 140 valence electrons. The summed E-state index contributed by atoms with van der Waals surface area (Å²) in [7, 11) is 0. The number of hydrogen-bond donors (Lipinski definition) is 1. The molecule has 0 aliphatic carbocycles. The third-order valence-corrected chi connectivity index (χ3v) is 4.48. The maximum Gasteiger partial charge on any atom is 0.344 e. The van der Waals surface area contributed by atoms with E-state index in [0.29, 0.717) is 0 Å². The molecule has 1 atom stereocenters. The largest absolute Gasteiger partial charge is 0.344 e. The topological polar surface area (TPSA) is 46.5 Å². The van der Waals surface area contributed by atoms with Crippen molar-refractivity contribution in [1.82, 2.24) is 0 Å². The first-order valence-corrected chi connectivity index (χ1v) is 9.57. The Labute approximate surface area is 145 Å². The van der Waals surface area contributed by atoms with Crippen molar-refractivity contribution in [3.63, 3.8) is 0 Å². The molecular weight excluding hydrogens is 288 g/mol. The maximum atomic E-state index is 11.0. The second-order valence-electron chi connectivity index (χ2n) is 6.70. The van der Waals surface area contributed by atoms with Crippen LogP contribution in [0.3, 0.4) is 0 Å². The van der Waals surface area contributed by atoms with Crippen molar-refractivity contribution in [2.24, 2.45) is 5.92 Å². The van der Waals surface area contributed by atoms with Gasteiger partial charge in [-0.05, 0) is 6.42 Å². The summed E-state index contributed by atoms with van der Waals surface area (Å²) in [6.45, 7) is 4.07. The number of hydrogen-bond acceptors (Lipinski definition) is 3. The molecule has 0 amide bonds. The number of carbonyl (C=O) groups excluding carboxylic acids is 1. The summed E-state index contributed by atoms with van der Waals surface area (Å²) in [5.74, 6) is -0.683. The van der Waals surface area contributed by atoms with Crippen LogP contribution in [-0.4, -0.2) is 11.2 Å². The molecule has 3 nitrogen and oxygen atoms in total. The Kier molecular flexibility index (Phi) is 20.9. The molecule has 0 rings (SSSR count). The molecule has 0 aliphatic heterocycles. The van der Waals surface area contributed by atoms with E-state index in [0.717, 1.165) is 12.8 Å². The molecule has 0 saturated carbocycles. The van der Waals surface area contributed by atoms with E-state index >= 15 is 0 Å². The van der Waals surface area contributed by atoms with E-state index in [2.05, 4.69) is 11.8 Å². The molecule has 0 spiro atoms. The Bertz CT molecular complexity index is 241. The Morgan fingerprint density at radius 2 is 1.13 bits per heavy atom. The Balaban J connectivity index is 0. The van der Waals surface area contributed by atoms with Gasteiger partial charge in [0.15, 0.2) is 0 Å².